The number of amides is 2. The van der Waals surface area contributed by atoms with E-state index in [1.54, 1.807) is 18.0 Å². The molecule has 196 valence electrons. The molecule has 2 aliphatic rings. The monoisotopic (exact) mass is 513 g/mol. The molecule has 5 rings (SSSR count). The van der Waals surface area contributed by atoms with Crippen molar-refractivity contribution in [1.82, 2.24) is 9.80 Å². The molecule has 1 N–H and O–H groups in total. The Balaban J connectivity index is 1.35. The number of carbonyl (C=O) groups is 2. The molecule has 3 aromatic rings. The molecule has 0 aliphatic carbocycles. The van der Waals surface area contributed by atoms with Gasteiger partial charge in [-0.3, -0.25) is 14.6 Å². The summed E-state index contributed by atoms with van der Waals surface area (Å²) in [5.41, 5.74) is 4.00. The van der Waals surface area contributed by atoms with Crippen LogP contribution >= 0.6 is 0 Å². The summed E-state index contributed by atoms with van der Waals surface area (Å²) in [6.45, 7) is 4.79. The number of benzene rings is 3. The van der Waals surface area contributed by atoms with Gasteiger partial charge in [-0.05, 0) is 54.6 Å². The SMILES string of the molecule is CN1CCN(CCC(=O)N(C)c2ccc(N=C(c3ccccc3)C3C(=O)Nc4cc(F)ccc43)cc2)CC1. The summed E-state index contributed by atoms with van der Waals surface area (Å²) in [6.07, 6.45) is 0.467. The van der Waals surface area contributed by atoms with Gasteiger partial charge in [-0.15, -0.1) is 0 Å². The molecule has 7 nitrogen and oxygen atoms in total. The Hall–Kier alpha value is -3.88. The number of halogens is 1. The average molecular weight is 514 g/mol. The van der Waals surface area contributed by atoms with Gasteiger partial charge in [0.25, 0.3) is 0 Å². The van der Waals surface area contributed by atoms with Crippen molar-refractivity contribution in [2.75, 3.05) is 57.0 Å². The second kappa shape index (κ2) is 11.2. The molecule has 2 aliphatic heterocycles. The van der Waals surface area contributed by atoms with Gasteiger partial charge in [-0.1, -0.05) is 36.4 Å². The Kier molecular flexibility index (Phi) is 7.62. The summed E-state index contributed by atoms with van der Waals surface area (Å²) >= 11 is 0. The van der Waals surface area contributed by atoms with Crippen LogP contribution in [0.15, 0.2) is 77.8 Å². The van der Waals surface area contributed by atoms with E-state index in [0.717, 1.165) is 44.0 Å². The van der Waals surface area contributed by atoms with E-state index in [0.29, 0.717) is 29.1 Å². The van der Waals surface area contributed by atoms with Gasteiger partial charge in [0, 0.05) is 57.6 Å². The zero-order valence-corrected chi connectivity index (χ0v) is 21.7. The van der Waals surface area contributed by atoms with E-state index in [1.807, 2.05) is 54.6 Å². The van der Waals surface area contributed by atoms with Crippen molar-refractivity contribution in [2.45, 2.75) is 12.3 Å². The number of carbonyl (C=O) groups excluding carboxylic acids is 2. The maximum Gasteiger partial charge on any atom is 0.238 e. The molecule has 1 saturated heterocycles. The van der Waals surface area contributed by atoms with E-state index in [1.165, 1.54) is 12.1 Å². The molecule has 8 heteroatoms. The average Bonchev–Trinajstić information content (AvgIpc) is 3.26. The Morgan fingerprint density at radius 3 is 2.45 bits per heavy atom. The molecule has 0 saturated carbocycles. The van der Waals surface area contributed by atoms with Gasteiger partial charge in [0.1, 0.15) is 11.7 Å². The molecular weight excluding hydrogens is 481 g/mol. The predicted octanol–water partition coefficient (Wildman–Crippen LogP) is 4.28. The smallest absolute Gasteiger partial charge is 0.238 e. The number of anilines is 2. The lowest BCUT2D eigenvalue weighted by molar-refractivity contribution is -0.118. The number of nitrogens with one attached hydrogen (secondary N) is 1. The summed E-state index contributed by atoms with van der Waals surface area (Å²) in [7, 11) is 3.91. The third-order valence-electron chi connectivity index (χ3n) is 7.29. The van der Waals surface area contributed by atoms with Gasteiger partial charge in [-0.2, -0.15) is 0 Å². The number of fused-ring (bicyclic) bond motifs is 1. The maximum atomic E-state index is 13.8. The predicted molar refractivity (Wildman–Crippen MR) is 149 cm³/mol. The zero-order chi connectivity index (χ0) is 26.6. The quantitative estimate of drug-likeness (QED) is 0.479. The number of rotatable bonds is 7. The topological polar surface area (TPSA) is 68.2 Å². The van der Waals surface area contributed by atoms with E-state index in [9.17, 15) is 14.0 Å². The van der Waals surface area contributed by atoms with E-state index in [-0.39, 0.29) is 11.8 Å². The molecule has 2 heterocycles. The molecule has 3 aromatic carbocycles. The van der Waals surface area contributed by atoms with E-state index >= 15 is 0 Å². The van der Waals surface area contributed by atoms with Gasteiger partial charge in [0.15, 0.2) is 0 Å². The number of likely N-dealkylation sites (N-methyl/N-ethyl adjacent to an activating group) is 1. The summed E-state index contributed by atoms with van der Waals surface area (Å²) in [5, 5.41) is 2.79. The highest BCUT2D eigenvalue weighted by Gasteiger charge is 2.35. The molecule has 0 spiro atoms. The Labute approximate surface area is 222 Å². The fraction of sp³-hybridized carbons (Fsp3) is 0.300. The van der Waals surface area contributed by atoms with E-state index in [4.69, 9.17) is 4.99 Å². The fourth-order valence-electron chi connectivity index (χ4n) is 4.94. The lowest BCUT2D eigenvalue weighted by atomic mass is 9.90. The largest absolute Gasteiger partial charge is 0.325 e. The third-order valence-corrected chi connectivity index (χ3v) is 7.29. The van der Waals surface area contributed by atoms with Crippen LogP contribution in [0.1, 0.15) is 23.5 Å². The first-order valence-electron chi connectivity index (χ1n) is 12.9. The first-order chi connectivity index (χ1) is 18.4. The van der Waals surface area contributed by atoms with Crippen molar-refractivity contribution in [3.8, 4) is 0 Å². The number of nitrogens with zero attached hydrogens (tertiary/aromatic N) is 4. The number of aliphatic imine (C=N–C) groups is 1. The molecule has 0 radical (unpaired) electrons. The molecule has 1 atom stereocenters. The number of hydrogen-bond donors (Lipinski definition) is 1. The normalized spacial score (nSPS) is 18.2. The van der Waals surface area contributed by atoms with Crippen molar-refractivity contribution >= 4 is 34.6 Å². The summed E-state index contributed by atoms with van der Waals surface area (Å²) < 4.78 is 13.8. The molecule has 0 aromatic heterocycles. The van der Waals surface area contributed by atoms with Crippen molar-refractivity contribution in [2.24, 2.45) is 4.99 Å². The molecule has 1 unspecified atom stereocenters. The van der Waals surface area contributed by atoms with Crippen LogP contribution in [0.3, 0.4) is 0 Å². The van der Waals surface area contributed by atoms with E-state index in [2.05, 4.69) is 22.2 Å². The highest BCUT2D eigenvalue weighted by molar-refractivity contribution is 6.24. The molecule has 38 heavy (non-hydrogen) atoms. The van der Waals surface area contributed by atoms with E-state index < -0.39 is 11.7 Å². The Morgan fingerprint density at radius 2 is 1.74 bits per heavy atom. The van der Waals surface area contributed by atoms with Crippen LogP contribution in [0.25, 0.3) is 0 Å². The van der Waals surface area contributed by atoms with Crippen molar-refractivity contribution < 1.29 is 14.0 Å². The Morgan fingerprint density at radius 1 is 1.03 bits per heavy atom. The van der Waals surface area contributed by atoms with Gasteiger partial charge >= 0.3 is 0 Å². The highest BCUT2D eigenvalue weighted by Crippen LogP contribution is 2.36. The number of piperazine rings is 1. The van der Waals surface area contributed by atoms with Crippen molar-refractivity contribution in [1.29, 1.82) is 0 Å². The zero-order valence-electron chi connectivity index (χ0n) is 21.7. The minimum atomic E-state index is -0.661. The highest BCUT2D eigenvalue weighted by atomic mass is 19.1. The molecular formula is C30H32FN5O2. The van der Waals surface area contributed by atoms with Crippen molar-refractivity contribution in [3.63, 3.8) is 0 Å². The first-order valence-corrected chi connectivity index (χ1v) is 12.9. The molecule has 1 fully saturated rings. The van der Waals surface area contributed by atoms with Crippen LogP contribution < -0.4 is 10.2 Å². The summed E-state index contributed by atoms with van der Waals surface area (Å²) in [4.78, 5) is 37.0. The second-order valence-corrected chi connectivity index (χ2v) is 9.88. The summed E-state index contributed by atoms with van der Waals surface area (Å²) in [5.74, 6) is -1.24. The minimum absolute atomic E-state index is 0.0663. The lowest BCUT2D eigenvalue weighted by Crippen LogP contribution is -2.45. The van der Waals surface area contributed by atoms with Crippen LogP contribution in [0.4, 0.5) is 21.5 Å². The standard InChI is InChI=1S/C30H32FN5O2/c1-34-16-18-36(19-17-34)15-14-27(37)35(2)24-11-9-23(10-12-24)32-29(21-6-4-3-5-7-21)28-25-13-8-22(31)20-26(25)33-30(28)38/h3-13,20,28H,14-19H2,1-2H3,(H,33,38). The van der Waals surface area contributed by atoms with Crippen LogP contribution in [-0.4, -0.2) is 74.1 Å². The molecule has 2 amide bonds. The Bertz CT molecular complexity index is 1330. The molecule has 0 bridgehead atoms. The van der Waals surface area contributed by atoms with Gasteiger partial charge in [-0.25, -0.2) is 4.39 Å². The maximum absolute atomic E-state index is 13.8. The van der Waals surface area contributed by atoms with Crippen LogP contribution in [0.2, 0.25) is 0 Å². The summed E-state index contributed by atoms with van der Waals surface area (Å²) in [6, 6.07) is 21.3. The van der Waals surface area contributed by atoms with Crippen LogP contribution in [-0.2, 0) is 9.59 Å². The number of hydrogen-bond acceptors (Lipinski definition) is 5. The first kappa shape index (κ1) is 25.8. The van der Waals surface area contributed by atoms with Gasteiger partial charge < -0.3 is 20.0 Å². The van der Waals surface area contributed by atoms with Crippen LogP contribution in [0, 0.1) is 5.82 Å². The third kappa shape index (κ3) is 5.66. The fourth-order valence-corrected chi connectivity index (χ4v) is 4.94. The lowest BCUT2D eigenvalue weighted by Gasteiger charge is -2.32. The second-order valence-electron chi connectivity index (χ2n) is 9.88. The van der Waals surface area contributed by atoms with Crippen molar-refractivity contribution in [3.05, 3.63) is 89.7 Å². The van der Waals surface area contributed by atoms with Gasteiger partial charge in [0.2, 0.25) is 11.8 Å². The van der Waals surface area contributed by atoms with Gasteiger partial charge in [0.05, 0.1) is 11.4 Å². The minimum Gasteiger partial charge on any atom is -0.325 e. The van der Waals surface area contributed by atoms with Crippen LogP contribution in [0.5, 0.6) is 0 Å².